The van der Waals surface area contributed by atoms with Gasteiger partial charge in [-0.15, -0.1) is 0 Å². The van der Waals surface area contributed by atoms with E-state index < -0.39 is 10.0 Å². The Labute approximate surface area is 212 Å². The third-order valence-electron chi connectivity index (χ3n) is 6.87. The molecule has 0 spiro atoms. The van der Waals surface area contributed by atoms with Gasteiger partial charge in [-0.2, -0.15) is 5.10 Å². The molecular formula is C29H29N3O3S. The summed E-state index contributed by atoms with van der Waals surface area (Å²) in [4.78, 5) is 13.9. The van der Waals surface area contributed by atoms with Gasteiger partial charge in [-0.3, -0.25) is 4.79 Å². The van der Waals surface area contributed by atoms with E-state index in [1.807, 2.05) is 48.5 Å². The Bertz CT molecular complexity index is 1410. The maximum absolute atomic E-state index is 13.8. The molecule has 2 atom stereocenters. The fourth-order valence-corrected chi connectivity index (χ4v) is 5.92. The van der Waals surface area contributed by atoms with Crippen LogP contribution in [0.25, 0.3) is 6.08 Å². The standard InChI is InChI=1S/C29H29N3O3S/c1-31(2)36(34,35)25-18-16-23(17-19-25)29(33)32-28(22-12-7-4-8-13-22)26-15-9-14-24(27(26)30-32)20-21-10-5-3-6-11-21/h3-8,10-13,16-20,26,28H,9,14-15H2,1-2H3/b24-20-. The zero-order valence-corrected chi connectivity index (χ0v) is 21.2. The first-order valence-corrected chi connectivity index (χ1v) is 13.6. The first kappa shape index (κ1) is 24.2. The van der Waals surface area contributed by atoms with Gasteiger partial charge in [0.1, 0.15) is 0 Å². The molecule has 3 aromatic rings. The average Bonchev–Trinajstić information content (AvgIpc) is 3.30. The highest BCUT2D eigenvalue weighted by molar-refractivity contribution is 7.89. The van der Waals surface area contributed by atoms with Crippen LogP contribution in [-0.2, 0) is 10.0 Å². The summed E-state index contributed by atoms with van der Waals surface area (Å²) in [6.07, 6.45) is 5.09. The topological polar surface area (TPSA) is 70.1 Å². The van der Waals surface area contributed by atoms with Crippen molar-refractivity contribution < 1.29 is 13.2 Å². The smallest absolute Gasteiger partial charge is 0.267 e. The van der Waals surface area contributed by atoms with Crippen LogP contribution in [0.5, 0.6) is 0 Å². The number of hydrogen-bond acceptors (Lipinski definition) is 4. The number of sulfonamides is 1. The van der Waals surface area contributed by atoms with Gasteiger partial charge >= 0.3 is 0 Å². The van der Waals surface area contributed by atoms with Crippen molar-refractivity contribution >= 4 is 27.7 Å². The van der Waals surface area contributed by atoms with Crippen LogP contribution < -0.4 is 0 Å². The molecule has 2 unspecified atom stereocenters. The molecule has 2 aliphatic rings. The number of hydrazone groups is 1. The molecule has 6 nitrogen and oxygen atoms in total. The number of amides is 1. The van der Waals surface area contributed by atoms with Crippen molar-refractivity contribution in [1.29, 1.82) is 0 Å². The number of benzene rings is 3. The molecule has 1 aliphatic carbocycles. The summed E-state index contributed by atoms with van der Waals surface area (Å²) < 4.78 is 26.1. The van der Waals surface area contributed by atoms with E-state index in [0.717, 1.165) is 40.4 Å². The van der Waals surface area contributed by atoms with Crippen molar-refractivity contribution in [3.63, 3.8) is 0 Å². The van der Waals surface area contributed by atoms with E-state index in [9.17, 15) is 13.2 Å². The lowest BCUT2D eigenvalue weighted by molar-refractivity contribution is 0.0680. The monoisotopic (exact) mass is 499 g/mol. The Balaban J connectivity index is 1.54. The fourth-order valence-electron chi connectivity index (χ4n) is 5.01. The number of carbonyl (C=O) groups excluding carboxylic acids is 1. The van der Waals surface area contributed by atoms with E-state index in [4.69, 9.17) is 5.10 Å². The van der Waals surface area contributed by atoms with Crippen LogP contribution in [0.1, 0.15) is 46.8 Å². The molecule has 0 aromatic heterocycles. The molecule has 0 bridgehead atoms. The summed E-state index contributed by atoms with van der Waals surface area (Å²) in [5.74, 6) is -0.132. The summed E-state index contributed by atoms with van der Waals surface area (Å²) in [5.41, 5.74) is 4.71. The first-order chi connectivity index (χ1) is 17.4. The zero-order valence-electron chi connectivity index (χ0n) is 20.4. The number of allylic oxidation sites excluding steroid dienone is 1. The van der Waals surface area contributed by atoms with E-state index in [1.54, 1.807) is 17.1 Å². The Morgan fingerprint density at radius 2 is 1.58 bits per heavy atom. The highest BCUT2D eigenvalue weighted by Gasteiger charge is 2.43. The maximum Gasteiger partial charge on any atom is 0.274 e. The average molecular weight is 500 g/mol. The predicted molar refractivity (Wildman–Crippen MR) is 142 cm³/mol. The lowest BCUT2D eigenvalue weighted by Gasteiger charge is -2.29. The summed E-state index contributed by atoms with van der Waals surface area (Å²) >= 11 is 0. The highest BCUT2D eigenvalue weighted by Crippen LogP contribution is 2.44. The molecule has 7 heteroatoms. The van der Waals surface area contributed by atoms with Crippen molar-refractivity contribution in [2.45, 2.75) is 30.2 Å². The minimum atomic E-state index is -3.57. The number of rotatable bonds is 5. The second-order valence-electron chi connectivity index (χ2n) is 9.38. The van der Waals surface area contributed by atoms with Gasteiger partial charge in [0, 0.05) is 25.6 Å². The van der Waals surface area contributed by atoms with Gasteiger partial charge in [-0.25, -0.2) is 17.7 Å². The third kappa shape index (κ3) is 4.52. The molecule has 0 saturated heterocycles. The zero-order chi connectivity index (χ0) is 25.3. The quantitative estimate of drug-likeness (QED) is 0.474. The molecule has 1 heterocycles. The number of fused-ring (bicyclic) bond motifs is 1. The van der Waals surface area contributed by atoms with Gasteiger partial charge in [-0.1, -0.05) is 60.7 Å². The summed E-state index contributed by atoms with van der Waals surface area (Å²) in [6, 6.07) is 26.1. The molecule has 0 radical (unpaired) electrons. The van der Waals surface area contributed by atoms with Crippen LogP contribution in [0.15, 0.2) is 100 Å². The molecule has 36 heavy (non-hydrogen) atoms. The van der Waals surface area contributed by atoms with Gasteiger partial charge in [-0.05, 0) is 66.3 Å². The van der Waals surface area contributed by atoms with Crippen LogP contribution in [0.4, 0.5) is 0 Å². The maximum atomic E-state index is 13.8. The van der Waals surface area contributed by atoms with Crippen LogP contribution >= 0.6 is 0 Å². The normalized spacial score (nSPS) is 20.9. The van der Waals surface area contributed by atoms with E-state index in [0.29, 0.717) is 5.56 Å². The molecule has 5 rings (SSSR count). The van der Waals surface area contributed by atoms with Gasteiger partial charge < -0.3 is 0 Å². The van der Waals surface area contributed by atoms with Crippen molar-refractivity contribution in [2.75, 3.05) is 14.1 Å². The van der Waals surface area contributed by atoms with Crippen LogP contribution in [0, 0.1) is 5.92 Å². The Kier molecular flexibility index (Phi) is 6.60. The van der Waals surface area contributed by atoms with Crippen LogP contribution in [0.3, 0.4) is 0 Å². The van der Waals surface area contributed by atoms with Crippen LogP contribution in [-0.4, -0.2) is 43.4 Å². The lowest BCUT2D eigenvalue weighted by Crippen LogP contribution is -2.32. The summed E-state index contributed by atoms with van der Waals surface area (Å²) in [7, 11) is -0.598. The van der Waals surface area contributed by atoms with E-state index >= 15 is 0 Å². The van der Waals surface area contributed by atoms with Crippen molar-refractivity contribution in [3.05, 3.63) is 107 Å². The van der Waals surface area contributed by atoms with Gasteiger partial charge in [0.25, 0.3) is 5.91 Å². The van der Waals surface area contributed by atoms with Gasteiger partial charge in [0.15, 0.2) is 0 Å². The summed E-state index contributed by atoms with van der Waals surface area (Å²) in [5, 5.41) is 6.53. The van der Waals surface area contributed by atoms with Crippen molar-refractivity contribution in [2.24, 2.45) is 11.0 Å². The van der Waals surface area contributed by atoms with Gasteiger partial charge in [0.05, 0.1) is 16.6 Å². The molecule has 1 saturated carbocycles. The van der Waals surface area contributed by atoms with Crippen molar-refractivity contribution in [3.8, 4) is 0 Å². The third-order valence-corrected chi connectivity index (χ3v) is 8.70. The Morgan fingerprint density at radius 3 is 2.22 bits per heavy atom. The second-order valence-corrected chi connectivity index (χ2v) is 11.5. The molecule has 0 N–H and O–H groups in total. The SMILES string of the molecule is CN(C)S(=O)(=O)c1ccc(C(=O)N2N=C3/C(=C\c4ccccc4)CCCC3C2c2ccccc2)cc1. The van der Waals surface area contributed by atoms with E-state index in [1.165, 1.54) is 31.8 Å². The molecule has 1 aliphatic heterocycles. The minimum absolute atomic E-state index is 0.105. The van der Waals surface area contributed by atoms with Gasteiger partial charge in [0.2, 0.25) is 10.0 Å². The number of hydrogen-bond donors (Lipinski definition) is 0. The Hall–Kier alpha value is -3.55. The largest absolute Gasteiger partial charge is 0.274 e. The first-order valence-electron chi connectivity index (χ1n) is 12.1. The number of carbonyl (C=O) groups is 1. The second kappa shape index (κ2) is 9.84. The minimum Gasteiger partial charge on any atom is -0.267 e. The van der Waals surface area contributed by atoms with E-state index in [2.05, 4.69) is 18.2 Å². The number of nitrogens with zero attached hydrogens (tertiary/aromatic N) is 3. The highest BCUT2D eigenvalue weighted by atomic mass is 32.2. The van der Waals surface area contributed by atoms with E-state index in [-0.39, 0.29) is 22.8 Å². The fraction of sp³-hybridized carbons (Fsp3) is 0.241. The Morgan fingerprint density at radius 1 is 0.944 bits per heavy atom. The van der Waals surface area contributed by atoms with Crippen molar-refractivity contribution in [1.82, 2.24) is 9.31 Å². The molecule has 1 fully saturated rings. The summed E-state index contributed by atoms with van der Waals surface area (Å²) in [6.45, 7) is 0. The van der Waals surface area contributed by atoms with Crippen LogP contribution in [0.2, 0.25) is 0 Å². The predicted octanol–water partition coefficient (Wildman–Crippen LogP) is 5.37. The molecule has 3 aromatic carbocycles. The molecule has 184 valence electrons. The molecular weight excluding hydrogens is 470 g/mol. The molecule has 1 amide bonds. The lowest BCUT2D eigenvalue weighted by atomic mass is 9.77.